The molecule has 0 radical (unpaired) electrons. The Labute approximate surface area is 120 Å². The highest BCUT2D eigenvalue weighted by molar-refractivity contribution is 14.1. The summed E-state index contributed by atoms with van der Waals surface area (Å²) < 4.78 is 25.7. The average molecular weight is 380 g/mol. The highest BCUT2D eigenvalue weighted by Gasteiger charge is 2.31. The van der Waals surface area contributed by atoms with Gasteiger partial charge in [0.2, 0.25) is 0 Å². The number of aromatic nitrogens is 1. The molecular formula is C11H13IN2O3S. The predicted molar refractivity (Wildman–Crippen MR) is 75.0 cm³/mol. The third-order valence-corrected chi connectivity index (χ3v) is 5.87. The standard InChI is InChI=1S/C11H13IN2O3S/c12-9-4-3-7-14(8-10(9)15)18(16,17)11-5-1-2-6-13-11/h1-2,5-6,9H,3-4,7-8H2. The van der Waals surface area contributed by atoms with Crippen molar-refractivity contribution in [3.05, 3.63) is 24.4 Å². The van der Waals surface area contributed by atoms with Crippen LogP contribution in [-0.2, 0) is 14.8 Å². The predicted octanol–water partition coefficient (Wildman–Crippen LogP) is 1.24. The van der Waals surface area contributed by atoms with Crippen LogP contribution in [0, 0.1) is 0 Å². The Balaban J connectivity index is 2.28. The summed E-state index contributed by atoms with van der Waals surface area (Å²) in [6.07, 6.45) is 2.87. The van der Waals surface area contributed by atoms with Crippen molar-refractivity contribution in [1.82, 2.24) is 9.29 Å². The zero-order chi connectivity index (χ0) is 13.2. The zero-order valence-corrected chi connectivity index (χ0v) is 12.6. The number of sulfonamides is 1. The zero-order valence-electron chi connectivity index (χ0n) is 9.62. The molecule has 1 unspecified atom stereocenters. The minimum atomic E-state index is -3.64. The van der Waals surface area contributed by atoms with E-state index in [9.17, 15) is 13.2 Å². The molecule has 2 rings (SSSR count). The van der Waals surface area contributed by atoms with Crippen LogP contribution in [0.3, 0.4) is 0 Å². The van der Waals surface area contributed by atoms with E-state index in [2.05, 4.69) is 27.6 Å². The van der Waals surface area contributed by atoms with Gasteiger partial charge < -0.3 is 0 Å². The molecule has 0 bridgehead atoms. The molecule has 18 heavy (non-hydrogen) atoms. The number of rotatable bonds is 2. The van der Waals surface area contributed by atoms with Crippen molar-refractivity contribution in [3.8, 4) is 0 Å². The number of hydrogen-bond donors (Lipinski definition) is 0. The molecule has 0 amide bonds. The maximum atomic E-state index is 12.3. The minimum Gasteiger partial charge on any atom is -0.297 e. The lowest BCUT2D eigenvalue weighted by molar-refractivity contribution is -0.118. The number of halogens is 1. The van der Waals surface area contributed by atoms with Crippen LogP contribution in [0.4, 0.5) is 0 Å². The first-order valence-electron chi connectivity index (χ1n) is 5.60. The number of pyridine rings is 1. The molecule has 0 N–H and O–H groups in total. The first-order chi connectivity index (χ1) is 8.51. The molecule has 1 aliphatic heterocycles. The summed E-state index contributed by atoms with van der Waals surface area (Å²) in [5, 5.41) is 0.00436. The Morgan fingerprint density at radius 3 is 2.83 bits per heavy atom. The average Bonchev–Trinajstić information content (AvgIpc) is 2.54. The van der Waals surface area contributed by atoms with Gasteiger partial charge in [-0.25, -0.2) is 13.4 Å². The van der Waals surface area contributed by atoms with Crippen molar-refractivity contribution in [2.45, 2.75) is 21.8 Å². The monoisotopic (exact) mass is 380 g/mol. The Bertz CT molecular complexity index is 532. The van der Waals surface area contributed by atoms with Gasteiger partial charge in [-0.15, -0.1) is 0 Å². The normalized spacial score (nSPS) is 22.7. The molecule has 0 saturated carbocycles. The molecule has 2 heterocycles. The molecule has 1 atom stereocenters. The van der Waals surface area contributed by atoms with Gasteiger partial charge in [-0.05, 0) is 25.0 Å². The van der Waals surface area contributed by atoms with Gasteiger partial charge in [-0.3, -0.25) is 4.79 Å². The summed E-state index contributed by atoms with van der Waals surface area (Å²) in [6, 6.07) is 4.74. The number of hydrogen-bond acceptors (Lipinski definition) is 4. The van der Waals surface area contributed by atoms with Gasteiger partial charge in [0.05, 0.1) is 10.5 Å². The highest BCUT2D eigenvalue weighted by Crippen LogP contribution is 2.20. The number of Topliss-reactive ketones (excluding diaryl/α,β-unsaturated/α-hetero) is 1. The van der Waals surface area contributed by atoms with Crippen LogP contribution in [0.15, 0.2) is 29.4 Å². The summed E-state index contributed by atoms with van der Waals surface area (Å²) in [4.78, 5) is 15.6. The van der Waals surface area contributed by atoms with Gasteiger partial charge in [-0.1, -0.05) is 28.7 Å². The van der Waals surface area contributed by atoms with E-state index in [1.165, 1.54) is 16.6 Å². The minimum absolute atomic E-state index is 0.00436. The van der Waals surface area contributed by atoms with Crippen molar-refractivity contribution >= 4 is 38.4 Å². The third kappa shape index (κ3) is 2.89. The molecule has 1 aromatic heterocycles. The summed E-state index contributed by atoms with van der Waals surface area (Å²) in [7, 11) is -3.64. The molecule has 1 aliphatic rings. The molecule has 5 nitrogen and oxygen atoms in total. The lowest BCUT2D eigenvalue weighted by atomic mass is 10.2. The second-order valence-electron chi connectivity index (χ2n) is 4.08. The fourth-order valence-electron chi connectivity index (χ4n) is 1.80. The second-order valence-corrected chi connectivity index (χ2v) is 7.47. The summed E-state index contributed by atoms with van der Waals surface area (Å²) in [5.74, 6) is -0.0346. The van der Waals surface area contributed by atoms with Gasteiger partial charge in [0, 0.05) is 12.7 Å². The summed E-state index contributed by atoms with van der Waals surface area (Å²) in [5.41, 5.74) is 0. The van der Waals surface area contributed by atoms with Crippen LogP contribution >= 0.6 is 22.6 Å². The largest absolute Gasteiger partial charge is 0.297 e. The highest BCUT2D eigenvalue weighted by atomic mass is 127. The van der Waals surface area contributed by atoms with E-state index in [4.69, 9.17) is 0 Å². The van der Waals surface area contributed by atoms with Crippen LogP contribution in [0.1, 0.15) is 12.8 Å². The van der Waals surface area contributed by atoms with Gasteiger partial charge in [-0.2, -0.15) is 4.31 Å². The molecule has 1 aromatic rings. The van der Waals surface area contributed by atoms with E-state index >= 15 is 0 Å². The molecule has 98 valence electrons. The topological polar surface area (TPSA) is 67.3 Å². The van der Waals surface area contributed by atoms with Crippen LogP contribution in [-0.4, -0.2) is 40.5 Å². The van der Waals surface area contributed by atoms with Gasteiger partial charge in [0.25, 0.3) is 10.0 Å². The lowest BCUT2D eigenvalue weighted by Crippen LogP contribution is -2.36. The van der Waals surface area contributed by atoms with Crippen molar-refractivity contribution < 1.29 is 13.2 Å². The second kappa shape index (κ2) is 5.62. The van der Waals surface area contributed by atoms with Gasteiger partial charge >= 0.3 is 0 Å². The third-order valence-electron chi connectivity index (χ3n) is 2.79. The molecule has 0 aliphatic carbocycles. The number of ketones is 1. The van der Waals surface area contributed by atoms with E-state index in [0.717, 1.165) is 6.42 Å². The Hall–Kier alpha value is -0.540. The van der Waals surface area contributed by atoms with Crippen molar-refractivity contribution in [2.24, 2.45) is 0 Å². The van der Waals surface area contributed by atoms with Crippen molar-refractivity contribution in [3.63, 3.8) is 0 Å². The molecule has 0 spiro atoms. The van der Waals surface area contributed by atoms with E-state index < -0.39 is 10.0 Å². The van der Waals surface area contributed by atoms with E-state index in [-0.39, 0.29) is 21.3 Å². The summed E-state index contributed by atoms with van der Waals surface area (Å²) in [6.45, 7) is 0.330. The first kappa shape index (κ1) is 13.9. The number of nitrogens with zero attached hydrogens (tertiary/aromatic N) is 2. The van der Waals surface area contributed by atoms with Gasteiger partial charge in [0.1, 0.15) is 0 Å². The Morgan fingerprint density at radius 1 is 1.39 bits per heavy atom. The SMILES string of the molecule is O=C1CN(S(=O)(=O)c2ccccn2)CCCC1I. The summed E-state index contributed by atoms with van der Waals surface area (Å²) >= 11 is 2.07. The van der Waals surface area contributed by atoms with E-state index in [0.29, 0.717) is 13.0 Å². The molecule has 7 heteroatoms. The van der Waals surface area contributed by atoms with Crippen LogP contribution in [0.25, 0.3) is 0 Å². The van der Waals surface area contributed by atoms with E-state index in [1.807, 2.05) is 0 Å². The lowest BCUT2D eigenvalue weighted by Gasteiger charge is -2.18. The van der Waals surface area contributed by atoms with Crippen LogP contribution in [0.5, 0.6) is 0 Å². The van der Waals surface area contributed by atoms with Crippen molar-refractivity contribution in [2.75, 3.05) is 13.1 Å². The van der Waals surface area contributed by atoms with Crippen LogP contribution in [0.2, 0.25) is 0 Å². The fourth-order valence-corrected chi connectivity index (χ4v) is 3.81. The molecule has 1 fully saturated rings. The molecule has 0 aromatic carbocycles. The quantitative estimate of drug-likeness (QED) is 0.572. The maximum absolute atomic E-state index is 12.3. The van der Waals surface area contributed by atoms with Crippen molar-refractivity contribution in [1.29, 1.82) is 0 Å². The first-order valence-corrected chi connectivity index (χ1v) is 8.28. The molecular weight excluding hydrogens is 367 g/mol. The Morgan fingerprint density at radius 2 is 2.17 bits per heavy atom. The number of carbonyl (C=O) groups excluding carboxylic acids is 1. The van der Waals surface area contributed by atoms with E-state index in [1.54, 1.807) is 12.1 Å². The fraction of sp³-hybridized carbons (Fsp3) is 0.455. The smallest absolute Gasteiger partial charge is 0.260 e. The number of alkyl halides is 1. The maximum Gasteiger partial charge on any atom is 0.260 e. The number of carbonyl (C=O) groups is 1. The molecule has 1 saturated heterocycles. The Kier molecular flexibility index (Phi) is 4.33. The van der Waals surface area contributed by atoms with Gasteiger partial charge in [0.15, 0.2) is 10.8 Å². The van der Waals surface area contributed by atoms with Crippen LogP contribution < -0.4 is 0 Å².